The fourth-order valence-corrected chi connectivity index (χ4v) is 4.52. The van der Waals surface area contributed by atoms with Crippen molar-refractivity contribution in [2.75, 3.05) is 13.2 Å². The van der Waals surface area contributed by atoms with Gasteiger partial charge < -0.3 is 14.0 Å². The molecule has 0 spiro atoms. The Bertz CT molecular complexity index is 1700. The van der Waals surface area contributed by atoms with Gasteiger partial charge in [-0.2, -0.15) is 13.2 Å². The maximum Gasteiger partial charge on any atom is 0.407 e. The average molecular weight is 561 g/mol. The molecule has 0 amide bonds. The van der Waals surface area contributed by atoms with Crippen LogP contribution >= 0.6 is 0 Å². The van der Waals surface area contributed by atoms with E-state index < -0.39 is 29.0 Å². The van der Waals surface area contributed by atoms with Crippen molar-refractivity contribution in [3.05, 3.63) is 117 Å². The molecule has 0 saturated carbocycles. The lowest BCUT2D eigenvalue weighted by molar-refractivity contribution is -0.145. The predicted molar refractivity (Wildman–Crippen MR) is 150 cm³/mol. The van der Waals surface area contributed by atoms with Gasteiger partial charge in [0.25, 0.3) is 11.2 Å². The third-order valence-electron chi connectivity index (χ3n) is 6.51. The van der Waals surface area contributed by atoms with Crippen LogP contribution in [0.3, 0.4) is 0 Å². The minimum Gasteiger partial charge on any atom is -0.482 e. The summed E-state index contributed by atoms with van der Waals surface area (Å²) in [7, 11) is 0. The lowest BCUT2D eigenvalue weighted by atomic mass is 9.99. The van der Waals surface area contributed by atoms with Crippen molar-refractivity contribution in [1.82, 2.24) is 4.57 Å². The molecular formula is C32H27F3N2O4. The summed E-state index contributed by atoms with van der Waals surface area (Å²) in [6.07, 6.45) is -4.89. The largest absolute Gasteiger partial charge is 0.482 e. The first-order valence-corrected chi connectivity index (χ1v) is 12.8. The molecule has 0 radical (unpaired) electrons. The van der Waals surface area contributed by atoms with Gasteiger partial charge in [0, 0.05) is 5.69 Å². The minimum absolute atomic E-state index is 0.0116. The third-order valence-corrected chi connectivity index (χ3v) is 6.51. The molecule has 0 aliphatic heterocycles. The summed E-state index contributed by atoms with van der Waals surface area (Å²) in [6, 6.07) is 20.1. The van der Waals surface area contributed by atoms with E-state index in [1.165, 1.54) is 4.57 Å². The molecule has 3 aromatic carbocycles. The smallest absolute Gasteiger partial charge is 0.407 e. The Morgan fingerprint density at radius 1 is 0.951 bits per heavy atom. The van der Waals surface area contributed by atoms with E-state index in [0.717, 1.165) is 22.8 Å². The van der Waals surface area contributed by atoms with Gasteiger partial charge in [0.05, 0.1) is 25.3 Å². The maximum absolute atomic E-state index is 14.0. The zero-order chi connectivity index (χ0) is 29.7. The molecule has 0 aliphatic rings. The van der Waals surface area contributed by atoms with Crippen LogP contribution in [0.2, 0.25) is 0 Å². The van der Waals surface area contributed by atoms with Crippen LogP contribution in [-0.2, 0) is 22.3 Å². The number of halogens is 3. The minimum atomic E-state index is -4.89. The Hall–Kier alpha value is -4.84. The molecule has 0 aliphatic carbocycles. The number of hydrogen-bond donors (Lipinski definition) is 0. The van der Waals surface area contributed by atoms with Crippen molar-refractivity contribution >= 4 is 11.7 Å². The van der Waals surface area contributed by atoms with Crippen molar-refractivity contribution in [1.29, 1.82) is 0 Å². The number of pyridine rings is 1. The van der Waals surface area contributed by atoms with Crippen molar-refractivity contribution in [2.45, 2.75) is 33.5 Å². The molecule has 0 unspecified atom stereocenters. The predicted octanol–water partition coefficient (Wildman–Crippen LogP) is 7.36. The van der Waals surface area contributed by atoms with Crippen molar-refractivity contribution in [3.63, 3.8) is 0 Å². The standard InChI is InChI=1S/C32H27F3N2O4/c1-5-40-29(38)19-41-26-11-7-9-23(16-26)22-8-6-10-24(15-22)28-17-27(32(33,34)35)30(36-4)31(39)37(28)18-25-13-12-20(2)14-21(25)3/h6-17H,5,18-19H2,1-3H3. The molecule has 0 atom stereocenters. The van der Waals surface area contributed by atoms with Gasteiger partial charge in [-0.3, -0.25) is 4.79 Å². The van der Waals surface area contributed by atoms with Crippen LogP contribution in [0.4, 0.5) is 18.9 Å². The highest BCUT2D eigenvalue weighted by molar-refractivity contribution is 5.74. The van der Waals surface area contributed by atoms with Crippen LogP contribution in [0.25, 0.3) is 27.2 Å². The zero-order valence-electron chi connectivity index (χ0n) is 22.7. The Morgan fingerprint density at radius 3 is 2.29 bits per heavy atom. The van der Waals surface area contributed by atoms with Gasteiger partial charge in [-0.05, 0) is 72.9 Å². The molecule has 9 heteroatoms. The Morgan fingerprint density at radius 2 is 1.63 bits per heavy atom. The topological polar surface area (TPSA) is 61.9 Å². The van der Waals surface area contributed by atoms with E-state index in [1.54, 1.807) is 55.5 Å². The van der Waals surface area contributed by atoms with Gasteiger partial charge in [-0.25, -0.2) is 9.64 Å². The van der Waals surface area contributed by atoms with Crippen molar-refractivity contribution in [3.8, 4) is 28.1 Å². The van der Waals surface area contributed by atoms with E-state index >= 15 is 0 Å². The first-order valence-electron chi connectivity index (χ1n) is 12.8. The fraction of sp³-hybridized carbons (Fsp3) is 0.219. The van der Waals surface area contributed by atoms with Crippen LogP contribution in [-0.4, -0.2) is 23.8 Å². The monoisotopic (exact) mass is 560 g/mol. The average Bonchev–Trinajstić information content (AvgIpc) is 2.94. The summed E-state index contributed by atoms with van der Waals surface area (Å²) in [6.45, 7) is 12.8. The van der Waals surface area contributed by atoms with E-state index in [-0.39, 0.29) is 25.5 Å². The lowest BCUT2D eigenvalue weighted by Crippen LogP contribution is -2.25. The summed E-state index contributed by atoms with van der Waals surface area (Å²) in [4.78, 5) is 28.1. The quantitative estimate of drug-likeness (QED) is 0.167. The van der Waals surface area contributed by atoms with Crippen LogP contribution < -0.4 is 10.3 Å². The van der Waals surface area contributed by atoms with E-state index in [9.17, 15) is 22.8 Å². The number of hydrogen-bond acceptors (Lipinski definition) is 4. The number of alkyl halides is 3. The molecular weight excluding hydrogens is 533 g/mol. The second kappa shape index (κ2) is 12.1. The zero-order valence-corrected chi connectivity index (χ0v) is 22.7. The van der Waals surface area contributed by atoms with Crippen molar-refractivity contribution < 1.29 is 27.4 Å². The summed E-state index contributed by atoms with van der Waals surface area (Å²) < 4.78 is 53.6. The Kier molecular flexibility index (Phi) is 8.62. The first-order chi connectivity index (χ1) is 19.5. The second-order valence-corrected chi connectivity index (χ2v) is 9.42. The van der Waals surface area contributed by atoms with E-state index in [1.807, 2.05) is 32.0 Å². The summed E-state index contributed by atoms with van der Waals surface area (Å²) in [5.74, 6) is -0.0986. The highest BCUT2D eigenvalue weighted by Gasteiger charge is 2.36. The van der Waals surface area contributed by atoms with Crippen LogP contribution in [0.5, 0.6) is 5.75 Å². The van der Waals surface area contributed by atoms with Crippen LogP contribution in [0, 0.1) is 20.4 Å². The summed E-state index contributed by atoms with van der Waals surface area (Å²) in [5, 5.41) is 0. The molecule has 41 heavy (non-hydrogen) atoms. The van der Waals surface area contributed by atoms with Crippen LogP contribution in [0.15, 0.2) is 77.6 Å². The summed E-state index contributed by atoms with van der Waals surface area (Å²) in [5.41, 5.74) is 1.12. The molecule has 210 valence electrons. The van der Waals surface area contributed by atoms with E-state index in [0.29, 0.717) is 22.4 Å². The second-order valence-electron chi connectivity index (χ2n) is 9.42. The molecule has 0 N–H and O–H groups in total. The van der Waals surface area contributed by atoms with E-state index in [4.69, 9.17) is 16.0 Å². The molecule has 0 fully saturated rings. The third kappa shape index (κ3) is 6.67. The van der Waals surface area contributed by atoms with Gasteiger partial charge in [0.1, 0.15) is 5.75 Å². The number of ether oxygens (including phenoxy) is 2. The normalized spacial score (nSPS) is 11.1. The van der Waals surface area contributed by atoms with Gasteiger partial charge >= 0.3 is 12.1 Å². The number of nitrogens with zero attached hydrogens (tertiary/aromatic N) is 2. The van der Waals surface area contributed by atoms with E-state index in [2.05, 4.69) is 4.85 Å². The number of esters is 1. The van der Waals surface area contributed by atoms with Gasteiger partial charge in [0.15, 0.2) is 6.61 Å². The highest BCUT2D eigenvalue weighted by Crippen LogP contribution is 2.38. The number of aromatic nitrogens is 1. The SMILES string of the molecule is [C-]#[N+]c1c(C(F)(F)F)cc(-c2cccc(-c3cccc(OCC(=O)OCC)c3)c2)n(Cc2ccc(C)cc2C)c1=O. The van der Waals surface area contributed by atoms with Crippen LogP contribution in [0.1, 0.15) is 29.2 Å². The molecule has 0 saturated heterocycles. The number of aryl methyl sites for hydroxylation is 2. The molecule has 6 nitrogen and oxygen atoms in total. The summed E-state index contributed by atoms with van der Waals surface area (Å²) >= 11 is 0. The fourth-order valence-electron chi connectivity index (χ4n) is 4.52. The Labute approximate surface area is 235 Å². The number of carbonyl (C=O) groups excluding carboxylic acids is 1. The lowest BCUT2D eigenvalue weighted by Gasteiger charge is -2.19. The molecule has 0 bridgehead atoms. The first kappa shape index (κ1) is 29.2. The number of carbonyl (C=O) groups is 1. The molecule has 4 rings (SSSR count). The molecule has 1 aromatic heterocycles. The number of rotatable bonds is 8. The highest BCUT2D eigenvalue weighted by atomic mass is 19.4. The van der Waals surface area contributed by atoms with Crippen molar-refractivity contribution in [2.24, 2.45) is 0 Å². The molecule has 4 aromatic rings. The van der Waals surface area contributed by atoms with Gasteiger partial charge in [-0.15, -0.1) is 0 Å². The van der Waals surface area contributed by atoms with Gasteiger partial charge in [-0.1, -0.05) is 54.1 Å². The Balaban J connectivity index is 1.83. The maximum atomic E-state index is 14.0. The molecule has 1 heterocycles. The number of benzene rings is 3. The van der Waals surface area contributed by atoms with Gasteiger partial charge in [0.2, 0.25) is 0 Å².